The van der Waals surface area contributed by atoms with E-state index in [0.717, 1.165) is 17.8 Å². The van der Waals surface area contributed by atoms with Crippen LogP contribution in [-0.2, 0) is 11.0 Å². The quantitative estimate of drug-likeness (QED) is 0.782. The molecule has 1 saturated heterocycles. The topological polar surface area (TPSA) is 45.2 Å². The molecule has 0 unspecified atom stereocenters. The number of hydrogen-bond donors (Lipinski definition) is 1. The molecule has 1 aromatic carbocycles. The molecule has 1 aliphatic heterocycles. The Morgan fingerprint density at radius 3 is 2.36 bits per heavy atom. The fourth-order valence-corrected chi connectivity index (χ4v) is 3.40. The van der Waals surface area contributed by atoms with Gasteiger partial charge in [0.2, 0.25) is 5.91 Å². The summed E-state index contributed by atoms with van der Waals surface area (Å²) in [6.07, 6.45) is -2.29. The number of amides is 1. The van der Waals surface area contributed by atoms with Crippen molar-refractivity contribution >= 4 is 23.3 Å². The number of piperidine rings is 1. The maximum absolute atomic E-state index is 12.6. The lowest BCUT2D eigenvalue weighted by molar-refractivity contribution is -0.137. The monoisotopic (exact) mass is 411 g/mol. The number of anilines is 1. The van der Waals surface area contributed by atoms with Crippen LogP contribution in [0.25, 0.3) is 0 Å². The van der Waals surface area contributed by atoms with Crippen LogP contribution in [0.1, 0.15) is 36.9 Å². The van der Waals surface area contributed by atoms with E-state index in [4.69, 9.17) is 11.6 Å². The Morgan fingerprint density at radius 1 is 1.18 bits per heavy atom. The van der Waals surface area contributed by atoms with Crippen LogP contribution in [0, 0.1) is 5.92 Å². The van der Waals surface area contributed by atoms with Crippen molar-refractivity contribution in [3.63, 3.8) is 0 Å². The molecule has 3 rings (SSSR count). The van der Waals surface area contributed by atoms with E-state index in [0.29, 0.717) is 36.8 Å². The van der Waals surface area contributed by atoms with Gasteiger partial charge in [0.15, 0.2) is 0 Å². The third-order valence-corrected chi connectivity index (χ3v) is 5.25. The van der Waals surface area contributed by atoms with Gasteiger partial charge < -0.3 is 10.2 Å². The zero-order chi connectivity index (χ0) is 20.3. The largest absolute Gasteiger partial charge is 0.417 e. The molecule has 1 aliphatic rings. The highest BCUT2D eigenvalue weighted by Crippen LogP contribution is 2.30. The van der Waals surface area contributed by atoms with Crippen molar-refractivity contribution in [2.45, 2.75) is 32.0 Å². The van der Waals surface area contributed by atoms with Crippen LogP contribution >= 0.6 is 11.6 Å². The van der Waals surface area contributed by atoms with Gasteiger partial charge in [-0.2, -0.15) is 13.2 Å². The second-order valence-corrected chi connectivity index (χ2v) is 7.38. The summed E-state index contributed by atoms with van der Waals surface area (Å²) in [5, 5.41) is 3.67. The van der Waals surface area contributed by atoms with Crippen LogP contribution in [0.3, 0.4) is 0 Å². The average molecular weight is 412 g/mol. The first-order valence-electron chi connectivity index (χ1n) is 9.08. The van der Waals surface area contributed by atoms with E-state index < -0.39 is 11.7 Å². The van der Waals surface area contributed by atoms with Gasteiger partial charge in [-0.15, -0.1) is 0 Å². The lowest BCUT2D eigenvalue weighted by Gasteiger charge is -2.32. The predicted octanol–water partition coefficient (Wildman–Crippen LogP) is 4.85. The van der Waals surface area contributed by atoms with Crippen molar-refractivity contribution < 1.29 is 18.0 Å². The average Bonchev–Trinajstić information content (AvgIpc) is 2.68. The molecule has 1 N–H and O–H groups in total. The molecule has 0 radical (unpaired) electrons. The fraction of sp³-hybridized carbons (Fsp3) is 0.400. The molecule has 2 aromatic rings. The molecule has 28 heavy (non-hydrogen) atoms. The molecule has 0 bridgehead atoms. The number of aromatic nitrogens is 1. The van der Waals surface area contributed by atoms with E-state index in [1.807, 2.05) is 24.0 Å². The Kier molecular flexibility index (Phi) is 6.13. The molecule has 1 amide bonds. The van der Waals surface area contributed by atoms with E-state index >= 15 is 0 Å². The van der Waals surface area contributed by atoms with Crippen molar-refractivity contribution in [2.75, 3.05) is 18.0 Å². The second kappa shape index (κ2) is 8.39. The van der Waals surface area contributed by atoms with Gasteiger partial charge >= 0.3 is 6.18 Å². The normalized spacial score (nSPS) is 16.7. The Morgan fingerprint density at radius 2 is 1.82 bits per heavy atom. The Balaban J connectivity index is 1.53. The first-order chi connectivity index (χ1) is 13.2. The third kappa shape index (κ3) is 4.95. The van der Waals surface area contributed by atoms with Gasteiger partial charge in [-0.3, -0.25) is 4.79 Å². The van der Waals surface area contributed by atoms with E-state index in [9.17, 15) is 18.0 Å². The number of rotatable bonds is 4. The molecule has 1 fully saturated rings. The summed E-state index contributed by atoms with van der Waals surface area (Å²) in [5.41, 5.74) is 0.214. The highest BCUT2D eigenvalue weighted by molar-refractivity contribution is 6.30. The molecular formula is C20H21ClF3N3O. The first-order valence-corrected chi connectivity index (χ1v) is 9.46. The zero-order valence-corrected chi connectivity index (χ0v) is 16.1. The third-order valence-electron chi connectivity index (χ3n) is 4.99. The zero-order valence-electron chi connectivity index (χ0n) is 15.3. The lowest BCUT2D eigenvalue weighted by Crippen LogP contribution is -2.41. The molecule has 150 valence electrons. The van der Waals surface area contributed by atoms with Crippen LogP contribution in [0.15, 0.2) is 42.6 Å². The van der Waals surface area contributed by atoms with Gasteiger partial charge in [-0.05, 0) is 49.6 Å². The van der Waals surface area contributed by atoms with Gasteiger partial charge in [0.25, 0.3) is 0 Å². The van der Waals surface area contributed by atoms with Gasteiger partial charge in [0.05, 0.1) is 11.6 Å². The van der Waals surface area contributed by atoms with E-state index in [1.54, 1.807) is 12.1 Å². The number of nitrogens with zero attached hydrogens (tertiary/aromatic N) is 2. The van der Waals surface area contributed by atoms with E-state index in [-0.39, 0.29) is 17.9 Å². The molecule has 2 heterocycles. The van der Waals surface area contributed by atoms with Crippen LogP contribution < -0.4 is 10.2 Å². The van der Waals surface area contributed by atoms with Crippen molar-refractivity contribution in [1.29, 1.82) is 0 Å². The SMILES string of the molecule is C[C@H](NC(=O)C1CCN(c2ccc(C(F)(F)F)cn2)CC1)c1ccc(Cl)cc1. The minimum absolute atomic E-state index is 0.0116. The molecule has 8 heteroatoms. The van der Waals surface area contributed by atoms with E-state index in [2.05, 4.69) is 10.3 Å². The van der Waals surface area contributed by atoms with Crippen LogP contribution in [0.4, 0.5) is 19.0 Å². The summed E-state index contributed by atoms with van der Waals surface area (Å²) >= 11 is 5.89. The first kappa shape index (κ1) is 20.5. The van der Waals surface area contributed by atoms with Crippen LogP contribution in [0.2, 0.25) is 5.02 Å². The molecule has 1 atom stereocenters. The van der Waals surface area contributed by atoms with Crippen LogP contribution in [-0.4, -0.2) is 24.0 Å². The minimum atomic E-state index is -4.39. The van der Waals surface area contributed by atoms with Crippen molar-refractivity contribution in [1.82, 2.24) is 10.3 Å². The van der Waals surface area contributed by atoms with Gasteiger partial charge in [0.1, 0.15) is 5.82 Å². The number of hydrogen-bond acceptors (Lipinski definition) is 3. The standard InChI is InChI=1S/C20H21ClF3N3O/c1-13(14-2-5-17(21)6-3-14)26-19(28)15-8-10-27(11-9-15)18-7-4-16(12-25-18)20(22,23)24/h2-7,12-13,15H,8-11H2,1H3,(H,26,28)/t13-/m0/s1. The summed E-state index contributed by atoms with van der Waals surface area (Å²) in [6.45, 7) is 3.07. The fourth-order valence-electron chi connectivity index (χ4n) is 3.28. The Hall–Kier alpha value is -2.28. The summed E-state index contributed by atoms with van der Waals surface area (Å²) in [5.74, 6) is 0.365. The van der Waals surface area contributed by atoms with Gasteiger partial charge in [-0.25, -0.2) is 4.98 Å². The molecule has 0 aliphatic carbocycles. The lowest BCUT2D eigenvalue weighted by atomic mass is 9.95. The smallest absolute Gasteiger partial charge is 0.357 e. The maximum atomic E-state index is 12.6. The predicted molar refractivity (Wildman–Crippen MR) is 102 cm³/mol. The number of carbonyl (C=O) groups is 1. The van der Waals surface area contributed by atoms with Crippen LogP contribution in [0.5, 0.6) is 0 Å². The summed E-state index contributed by atoms with van der Waals surface area (Å²) in [6, 6.07) is 9.63. The number of pyridine rings is 1. The minimum Gasteiger partial charge on any atom is -0.357 e. The highest BCUT2D eigenvalue weighted by atomic mass is 35.5. The maximum Gasteiger partial charge on any atom is 0.417 e. The van der Waals surface area contributed by atoms with E-state index in [1.165, 1.54) is 6.07 Å². The number of halogens is 4. The number of alkyl halides is 3. The highest BCUT2D eigenvalue weighted by Gasteiger charge is 2.31. The molecule has 1 aromatic heterocycles. The van der Waals surface area contributed by atoms with Crippen molar-refractivity contribution in [3.8, 4) is 0 Å². The number of nitrogens with one attached hydrogen (secondary N) is 1. The Labute approximate surface area is 166 Å². The van der Waals surface area contributed by atoms with Gasteiger partial charge in [-0.1, -0.05) is 23.7 Å². The van der Waals surface area contributed by atoms with Gasteiger partial charge in [0, 0.05) is 30.2 Å². The molecule has 0 spiro atoms. The second-order valence-electron chi connectivity index (χ2n) is 6.95. The number of benzene rings is 1. The summed E-state index contributed by atoms with van der Waals surface area (Å²) < 4.78 is 37.9. The molecular weight excluding hydrogens is 391 g/mol. The molecule has 0 saturated carbocycles. The Bertz CT molecular complexity index is 801. The van der Waals surface area contributed by atoms with Crippen molar-refractivity contribution in [2.24, 2.45) is 5.92 Å². The van der Waals surface area contributed by atoms with Crippen molar-refractivity contribution in [3.05, 3.63) is 58.7 Å². The number of carbonyl (C=O) groups excluding carboxylic acids is 1. The molecule has 4 nitrogen and oxygen atoms in total. The summed E-state index contributed by atoms with van der Waals surface area (Å²) in [7, 11) is 0. The summed E-state index contributed by atoms with van der Waals surface area (Å²) in [4.78, 5) is 18.4.